The zero-order chi connectivity index (χ0) is 22.0. The predicted octanol–water partition coefficient (Wildman–Crippen LogP) is 3.22. The van der Waals surface area contributed by atoms with Crippen LogP contribution in [0.15, 0.2) is 48.7 Å². The largest absolute Gasteiger partial charge is 0.496 e. The van der Waals surface area contributed by atoms with Gasteiger partial charge in [-0.25, -0.2) is 18.7 Å². The molecule has 0 spiro atoms. The van der Waals surface area contributed by atoms with E-state index in [1.54, 1.807) is 12.1 Å². The number of nitrogens with zero attached hydrogens (tertiary/aromatic N) is 3. The van der Waals surface area contributed by atoms with Crippen LogP contribution in [0.1, 0.15) is 16.9 Å². The fourth-order valence-electron chi connectivity index (χ4n) is 3.57. The highest BCUT2D eigenvalue weighted by molar-refractivity contribution is 6.05. The summed E-state index contributed by atoms with van der Waals surface area (Å²) in [6.07, 6.45) is 2.17. The molecular formula is C22H21F2N5O2. The number of anilines is 2. The van der Waals surface area contributed by atoms with Crippen LogP contribution in [-0.2, 0) is 0 Å². The van der Waals surface area contributed by atoms with Gasteiger partial charge in [-0.15, -0.1) is 0 Å². The van der Waals surface area contributed by atoms with Crippen molar-refractivity contribution < 1.29 is 18.3 Å². The Morgan fingerprint density at radius 3 is 2.84 bits per heavy atom. The molecule has 2 heterocycles. The van der Waals surface area contributed by atoms with Crippen molar-refractivity contribution in [2.45, 2.75) is 12.5 Å². The molecule has 0 bridgehead atoms. The summed E-state index contributed by atoms with van der Waals surface area (Å²) in [5.74, 6) is -1.38. The predicted molar refractivity (Wildman–Crippen MR) is 113 cm³/mol. The SMILES string of the molecule is COc1cccc(F)c1-c1nccc(C(=O)Nc2cc(F)ccc2N2CC[C@@H](N)C2)n1. The minimum Gasteiger partial charge on any atom is -0.496 e. The molecule has 1 saturated heterocycles. The standard InChI is InChI=1S/C22H21F2N5O2/c1-31-19-4-2-3-15(24)20(19)21-26-9-7-16(27-21)22(30)28-17-11-13(23)5-6-18(17)29-10-8-14(25)12-29/h2-7,9,11,14H,8,10,12,25H2,1H3,(H,28,30)/t14-/m1/s1. The Labute approximate surface area is 177 Å². The molecular weight excluding hydrogens is 404 g/mol. The van der Waals surface area contributed by atoms with Gasteiger partial charge in [0.2, 0.25) is 0 Å². The van der Waals surface area contributed by atoms with E-state index in [-0.39, 0.29) is 28.9 Å². The maximum absolute atomic E-state index is 14.4. The number of aromatic nitrogens is 2. The van der Waals surface area contributed by atoms with Crippen LogP contribution in [0, 0.1) is 11.6 Å². The molecule has 3 aromatic rings. The normalized spacial score (nSPS) is 15.7. The first-order valence-electron chi connectivity index (χ1n) is 9.73. The smallest absolute Gasteiger partial charge is 0.274 e. The van der Waals surface area contributed by atoms with Crippen molar-refractivity contribution in [3.8, 4) is 17.1 Å². The Morgan fingerprint density at radius 1 is 1.26 bits per heavy atom. The molecule has 0 saturated carbocycles. The van der Waals surface area contributed by atoms with Crippen LogP contribution in [0.25, 0.3) is 11.4 Å². The van der Waals surface area contributed by atoms with E-state index in [0.29, 0.717) is 24.5 Å². The number of nitrogens with two attached hydrogens (primary N) is 1. The van der Waals surface area contributed by atoms with Crippen LogP contribution in [0.4, 0.5) is 20.2 Å². The molecule has 1 aliphatic rings. The highest BCUT2D eigenvalue weighted by Crippen LogP contribution is 2.31. The summed E-state index contributed by atoms with van der Waals surface area (Å²) >= 11 is 0. The third kappa shape index (κ3) is 4.31. The van der Waals surface area contributed by atoms with Gasteiger partial charge in [-0.2, -0.15) is 0 Å². The second-order valence-electron chi connectivity index (χ2n) is 7.19. The van der Waals surface area contributed by atoms with E-state index in [4.69, 9.17) is 10.5 Å². The van der Waals surface area contributed by atoms with Gasteiger partial charge in [0.1, 0.15) is 23.1 Å². The summed E-state index contributed by atoms with van der Waals surface area (Å²) in [4.78, 5) is 23.2. The van der Waals surface area contributed by atoms with Crippen LogP contribution in [0.2, 0.25) is 0 Å². The van der Waals surface area contributed by atoms with Crippen LogP contribution in [-0.4, -0.2) is 42.1 Å². The Kier molecular flexibility index (Phi) is 5.77. The van der Waals surface area contributed by atoms with Crippen molar-refractivity contribution in [1.29, 1.82) is 0 Å². The van der Waals surface area contributed by atoms with Gasteiger partial charge < -0.3 is 20.7 Å². The number of benzene rings is 2. The van der Waals surface area contributed by atoms with Crippen LogP contribution in [0.3, 0.4) is 0 Å². The molecule has 31 heavy (non-hydrogen) atoms. The fraction of sp³-hybridized carbons (Fsp3) is 0.227. The molecule has 1 fully saturated rings. The molecule has 2 aromatic carbocycles. The third-order valence-electron chi connectivity index (χ3n) is 5.08. The lowest BCUT2D eigenvalue weighted by Gasteiger charge is -2.22. The van der Waals surface area contributed by atoms with Crippen molar-refractivity contribution in [2.24, 2.45) is 5.73 Å². The zero-order valence-corrected chi connectivity index (χ0v) is 16.8. The molecule has 0 aliphatic carbocycles. The second-order valence-corrected chi connectivity index (χ2v) is 7.19. The van der Waals surface area contributed by atoms with Gasteiger partial charge in [-0.05, 0) is 42.8 Å². The summed E-state index contributed by atoms with van der Waals surface area (Å²) in [6.45, 7) is 1.32. The lowest BCUT2D eigenvalue weighted by molar-refractivity contribution is 0.102. The molecule has 0 radical (unpaired) electrons. The lowest BCUT2D eigenvalue weighted by atomic mass is 10.1. The van der Waals surface area contributed by atoms with Crippen molar-refractivity contribution in [2.75, 3.05) is 30.4 Å². The molecule has 1 aliphatic heterocycles. The van der Waals surface area contributed by atoms with Gasteiger partial charge >= 0.3 is 0 Å². The molecule has 3 N–H and O–H groups in total. The quantitative estimate of drug-likeness (QED) is 0.652. The van der Waals surface area contributed by atoms with Gasteiger partial charge in [0.05, 0.1) is 24.0 Å². The van der Waals surface area contributed by atoms with E-state index < -0.39 is 17.5 Å². The molecule has 1 atom stereocenters. The topological polar surface area (TPSA) is 93.4 Å². The third-order valence-corrected chi connectivity index (χ3v) is 5.08. The van der Waals surface area contributed by atoms with Crippen molar-refractivity contribution >= 4 is 17.3 Å². The zero-order valence-electron chi connectivity index (χ0n) is 16.8. The molecule has 4 rings (SSSR count). The molecule has 0 unspecified atom stereocenters. The summed E-state index contributed by atoms with van der Waals surface area (Å²) in [6, 6.07) is 9.96. The average molecular weight is 425 g/mol. The van der Waals surface area contributed by atoms with Crippen LogP contribution >= 0.6 is 0 Å². The Bertz CT molecular complexity index is 1120. The Hall–Kier alpha value is -3.59. The molecule has 7 nitrogen and oxygen atoms in total. The minimum atomic E-state index is -0.575. The first-order valence-corrected chi connectivity index (χ1v) is 9.73. The van der Waals surface area contributed by atoms with E-state index in [1.807, 2.05) is 4.90 Å². The number of methoxy groups -OCH3 is 1. The Balaban J connectivity index is 1.64. The second kappa shape index (κ2) is 8.65. The van der Waals surface area contributed by atoms with Crippen molar-refractivity contribution in [1.82, 2.24) is 9.97 Å². The highest BCUT2D eigenvalue weighted by Gasteiger charge is 2.23. The molecule has 160 valence electrons. The number of hydrogen-bond donors (Lipinski definition) is 2. The van der Waals surface area contributed by atoms with E-state index in [2.05, 4.69) is 15.3 Å². The number of hydrogen-bond acceptors (Lipinski definition) is 6. The summed E-state index contributed by atoms with van der Waals surface area (Å²) in [5.41, 5.74) is 7.02. The van der Waals surface area contributed by atoms with Gasteiger partial charge in [0.25, 0.3) is 5.91 Å². The van der Waals surface area contributed by atoms with Gasteiger partial charge in [0.15, 0.2) is 5.82 Å². The van der Waals surface area contributed by atoms with Gasteiger partial charge in [0, 0.05) is 25.3 Å². The van der Waals surface area contributed by atoms with E-state index in [0.717, 1.165) is 6.42 Å². The van der Waals surface area contributed by atoms with E-state index >= 15 is 0 Å². The van der Waals surface area contributed by atoms with E-state index in [9.17, 15) is 13.6 Å². The van der Waals surface area contributed by atoms with Crippen molar-refractivity contribution in [3.63, 3.8) is 0 Å². The maximum Gasteiger partial charge on any atom is 0.274 e. The number of ether oxygens (including phenoxy) is 1. The number of nitrogens with one attached hydrogen (secondary N) is 1. The molecule has 9 heteroatoms. The van der Waals surface area contributed by atoms with E-state index in [1.165, 1.54) is 43.6 Å². The minimum absolute atomic E-state index is 0.00337. The highest BCUT2D eigenvalue weighted by atomic mass is 19.1. The maximum atomic E-state index is 14.4. The number of halogens is 2. The van der Waals surface area contributed by atoms with Crippen LogP contribution < -0.4 is 20.7 Å². The van der Waals surface area contributed by atoms with Crippen molar-refractivity contribution in [3.05, 3.63) is 66.0 Å². The van der Waals surface area contributed by atoms with Gasteiger partial charge in [-0.3, -0.25) is 4.79 Å². The van der Waals surface area contributed by atoms with Crippen LogP contribution in [0.5, 0.6) is 5.75 Å². The lowest BCUT2D eigenvalue weighted by Crippen LogP contribution is -2.27. The summed E-state index contributed by atoms with van der Waals surface area (Å²) < 4.78 is 33.5. The monoisotopic (exact) mass is 425 g/mol. The summed E-state index contributed by atoms with van der Waals surface area (Å²) in [7, 11) is 1.41. The average Bonchev–Trinajstić information content (AvgIpc) is 3.19. The first kappa shape index (κ1) is 20.7. The number of rotatable bonds is 5. The summed E-state index contributed by atoms with van der Waals surface area (Å²) in [5, 5.41) is 2.70. The van der Waals surface area contributed by atoms with Gasteiger partial charge in [-0.1, -0.05) is 6.07 Å². The number of carbonyl (C=O) groups is 1. The number of amides is 1. The fourth-order valence-corrected chi connectivity index (χ4v) is 3.57. The molecule has 1 aromatic heterocycles. The first-order chi connectivity index (χ1) is 15.0. The molecule has 1 amide bonds. The number of carbonyl (C=O) groups excluding carboxylic acids is 1. The Morgan fingerprint density at radius 2 is 2.10 bits per heavy atom.